The van der Waals surface area contributed by atoms with E-state index in [-0.39, 0.29) is 23.7 Å². The summed E-state index contributed by atoms with van der Waals surface area (Å²) in [5.41, 5.74) is 1.79. The van der Waals surface area contributed by atoms with Crippen LogP contribution in [0.4, 0.5) is 13.6 Å². The van der Waals surface area contributed by atoms with Crippen LogP contribution in [-0.2, 0) is 6.54 Å². The van der Waals surface area contributed by atoms with Crippen LogP contribution in [0.1, 0.15) is 36.4 Å². The Morgan fingerprint density at radius 1 is 1.08 bits per heavy atom. The van der Waals surface area contributed by atoms with Crippen molar-refractivity contribution in [3.8, 4) is 0 Å². The molecule has 1 N–H and O–H groups in total. The number of carbonyl (C=O) groups excluding carboxylic acids is 1. The van der Waals surface area contributed by atoms with Crippen LogP contribution in [0.5, 0.6) is 0 Å². The van der Waals surface area contributed by atoms with Gasteiger partial charge in [0.2, 0.25) is 0 Å². The zero-order chi connectivity index (χ0) is 17.8. The summed E-state index contributed by atoms with van der Waals surface area (Å²) >= 11 is 0. The monoisotopic (exact) mass is 344 g/mol. The van der Waals surface area contributed by atoms with E-state index in [1.54, 1.807) is 36.2 Å². The fraction of sp³-hybridized carbons (Fsp3) is 0.350. The molecule has 1 aliphatic carbocycles. The van der Waals surface area contributed by atoms with E-state index in [2.05, 4.69) is 5.32 Å². The Morgan fingerprint density at radius 3 is 2.16 bits per heavy atom. The van der Waals surface area contributed by atoms with Gasteiger partial charge in [0.05, 0.1) is 6.04 Å². The van der Waals surface area contributed by atoms with E-state index in [4.69, 9.17) is 0 Å². The molecule has 25 heavy (non-hydrogen) atoms. The van der Waals surface area contributed by atoms with E-state index in [0.717, 1.165) is 30.4 Å². The molecule has 3 nitrogen and oxygen atoms in total. The smallest absolute Gasteiger partial charge is 0.317 e. The Bertz CT molecular complexity index is 711. The Hall–Kier alpha value is -2.43. The molecule has 1 aliphatic rings. The summed E-state index contributed by atoms with van der Waals surface area (Å²) in [6, 6.07) is 12.1. The molecule has 2 aromatic carbocycles. The van der Waals surface area contributed by atoms with Crippen LogP contribution in [0.3, 0.4) is 0 Å². The topological polar surface area (TPSA) is 32.3 Å². The van der Waals surface area contributed by atoms with Gasteiger partial charge < -0.3 is 10.2 Å². The second kappa shape index (κ2) is 7.64. The third-order valence-electron chi connectivity index (χ3n) is 4.81. The van der Waals surface area contributed by atoms with E-state index in [0.29, 0.717) is 12.5 Å². The molecule has 0 radical (unpaired) electrons. The van der Waals surface area contributed by atoms with Gasteiger partial charge in [-0.3, -0.25) is 0 Å². The maximum Gasteiger partial charge on any atom is 0.317 e. The standard InChI is InChI=1S/C20H22F2N2O/c1-24(13-14-5-9-17(21)10-6-14)20(25)23-19(15-3-2-4-15)16-7-11-18(22)12-8-16/h5-12,15,19H,2-4,13H2,1H3,(H,23,25). The minimum absolute atomic E-state index is 0.113. The maximum absolute atomic E-state index is 13.2. The number of hydrogen-bond donors (Lipinski definition) is 1. The highest BCUT2D eigenvalue weighted by molar-refractivity contribution is 5.74. The zero-order valence-electron chi connectivity index (χ0n) is 14.2. The number of rotatable bonds is 5. The number of amides is 2. The number of hydrogen-bond acceptors (Lipinski definition) is 1. The molecule has 0 saturated heterocycles. The summed E-state index contributed by atoms with van der Waals surface area (Å²) in [5.74, 6) is -0.193. The van der Waals surface area contributed by atoms with E-state index in [1.165, 1.54) is 24.3 Å². The molecule has 0 bridgehead atoms. The van der Waals surface area contributed by atoms with Crippen molar-refractivity contribution in [2.24, 2.45) is 5.92 Å². The predicted molar refractivity (Wildman–Crippen MR) is 92.9 cm³/mol. The Labute approximate surface area is 146 Å². The van der Waals surface area contributed by atoms with Crippen LogP contribution in [-0.4, -0.2) is 18.0 Å². The molecule has 0 spiro atoms. The Balaban J connectivity index is 1.67. The molecule has 0 aliphatic heterocycles. The van der Waals surface area contributed by atoms with Gasteiger partial charge in [-0.05, 0) is 54.2 Å². The van der Waals surface area contributed by atoms with Crippen LogP contribution in [0.15, 0.2) is 48.5 Å². The van der Waals surface area contributed by atoms with E-state index >= 15 is 0 Å². The number of urea groups is 1. The van der Waals surface area contributed by atoms with E-state index < -0.39 is 0 Å². The average molecular weight is 344 g/mol. The van der Waals surface area contributed by atoms with Gasteiger partial charge in [-0.25, -0.2) is 13.6 Å². The van der Waals surface area contributed by atoms with E-state index in [1.807, 2.05) is 0 Å². The van der Waals surface area contributed by atoms with Gasteiger partial charge >= 0.3 is 6.03 Å². The first-order valence-electron chi connectivity index (χ1n) is 8.54. The Morgan fingerprint density at radius 2 is 1.64 bits per heavy atom. The lowest BCUT2D eigenvalue weighted by molar-refractivity contribution is 0.182. The molecule has 2 amide bonds. The number of benzene rings is 2. The van der Waals surface area contributed by atoms with Crippen molar-refractivity contribution < 1.29 is 13.6 Å². The molecule has 0 aromatic heterocycles. The number of nitrogens with one attached hydrogen (secondary N) is 1. The second-order valence-electron chi connectivity index (χ2n) is 6.65. The van der Waals surface area contributed by atoms with Gasteiger partial charge in [0.15, 0.2) is 0 Å². The fourth-order valence-electron chi connectivity index (χ4n) is 3.10. The van der Waals surface area contributed by atoms with Crippen molar-refractivity contribution in [3.63, 3.8) is 0 Å². The highest BCUT2D eigenvalue weighted by Crippen LogP contribution is 2.37. The second-order valence-corrected chi connectivity index (χ2v) is 6.65. The molecule has 2 aromatic rings. The largest absolute Gasteiger partial charge is 0.331 e. The van der Waals surface area contributed by atoms with Gasteiger partial charge in [-0.2, -0.15) is 0 Å². The molecule has 5 heteroatoms. The summed E-state index contributed by atoms with van der Waals surface area (Å²) in [6.07, 6.45) is 3.28. The average Bonchev–Trinajstić information content (AvgIpc) is 2.55. The van der Waals surface area contributed by atoms with Crippen molar-refractivity contribution in [2.75, 3.05) is 7.05 Å². The molecule has 3 rings (SSSR count). The van der Waals surface area contributed by atoms with Crippen LogP contribution in [0.2, 0.25) is 0 Å². The lowest BCUT2D eigenvalue weighted by Gasteiger charge is -2.35. The molecular weight excluding hydrogens is 322 g/mol. The van der Waals surface area contributed by atoms with Gasteiger partial charge in [0.25, 0.3) is 0 Å². The minimum atomic E-state index is -0.294. The first-order valence-corrected chi connectivity index (χ1v) is 8.54. The summed E-state index contributed by atoms with van der Waals surface area (Å²) < 4.78 is 26.2. The highest BCUT2D eigenvalue weighted by Gasteiger charge is 2.30. The summed E-state index contributed by atoms with van der Waals surface area (Å²) in [4.78, 5) is 14.1. The molecule has 0 heterocycles. The lowest BCUT2D eigenvalue weighted by Crippen LogP contribution is -2.42. The molecule has 1 fully saturated rings. The van der Waals surface area contributed by atoms with Crippen molar-refractivity contribution in [3.05, 3.63) is 71.3 Å². The van der Waals surface area contributed by atoms with Gasteiger partial charge in [0.1, 0.15) is 11.6 Å². The normalized spacial score (nSPS) is 15.3. The lowest BCUT2D eigenvalue weighted by atomic mass is 9.77. The van der Waals surface area contributed by atoms with Crippen LogP contribution in [0.25, 0.3) is 0 Å². The molecule has 1 atom stereocenters. The van der Waals surface area contributed by atoms with Gasteiger partial charge in [0, 0.05) is 13.6 Å². The molecule has 1 unspecified atom stereocenters. The number of carbonyl (C=O) groups is 1. The quantitative estimate of drug-likeness (QED) is 0.841. The third-order valence-corrected chi connectivity index (χ3v) is 4.81. The molecule has 1 saturated carbocycles. The fourth-order valence-corrected chi connectivity index (χ4v) is 3.10. The summed E-state index contributed by atoms with van der Waals surface area (Å²) in [7, 11) is 1.71. The van der Waals surface area contributed by atoms with Crippen LogP contribution >= 0.6 is 0 Å². The maximum atomic E-state index is 13.2. The predicted octanol–water partition coefficient (Wildman–Crippen LogP) is 4.65. The number of nitrogens with zero attached hydrogens (tertiary/aromatic N) is 1. The van der Waals surface area contributed by atoms with Crippen molar-refractivity contribution in [1.82, 2.24) is 10.2 Å². The highest BCUT2D eigenvalue weighted by atomic mass is 19.1. The van der Waals surface area contributed by atoms with Crippen LogP contribution in [0, 0.1) is 17.6 Å². The molecule has 132 valence electrons. The summed E-state index contributed by atoms with van der Waals surface area (Å²) in [6.45, 7) is 0.396. The van der Waals surface area contributed by atoms with Crippen LogP contribution < -0.4 is 5.32 Å². The van der Waals surface area contributed by atoms with Crippen molar-refractivity contribution in [1.29, 1.82) is 0 Å². The van der Waals surface area contributed by atoms with Gasteiger partial charge in [-0.15, -0.1) is 0 Å². The van der Waals surface area contributed by atoms with Crippen molar-refractivity contribution >= 4 is 6.03 Å². The van der Waals surface area contributed by atoms with E-state index in [9.17, 15) is 13.6 Å². The Kier molecular flexibility index (Phi) is 5.31. The van der Waals surface area contributed by atoms with Gasteiger partial charge in [-0.1, -0.05) is 30.7 Å². The zero-order valence-corrected chi connectivity index (χ0v) is 14.2. The summed E-state index contributed by atoms with van der Waals surface area (Å²) in [5, 5.41) is 3.08. The number of halogens is 2. The molecular formula is C20H22F2N2O. The minimum Gasteiger partial charge on any atom is -0.331 e. The SMILES string of the molecule is CN(Cc1ccc(F)cc1)C(=O)NC(c1ccc(F)cc1)C1CCC1. The first kappa shape index (κ1) is 17.4. The third kappa shape index (κ3) is 4.35. The first-order chi connectivity index (χ1) is 12.0. The van der Waals surface area contributed by atoms with Crippen molar-refractivity contribution in [2.45, 2.75) is 31.8 Å².